The summed E-state index contributed by atoms with van der Waals surface area (Å²) in [5.74, 6) is 0.474. The minimum Gasteiger partial charge on any atom is -0.382 e. The van der Waals surface area contributed by atoms with Gasteiger partial charge in [-0.2, -0.15) is 0 Å². The minimum absolute atomic E-state index is 0.0349. The van der Waals surface area contributed by atoms with Gasteiger partial charge in [0.1, 0.15) is 12.4 Å². The van der Waals surface area contributed by atoms with E-state index in [0.29, 0.717) is 25.6 Å². The number of rotatable bonds is 4. The summed E-state index contributed by atoms with van der Waals surface area (Å²) in [4.78, 5) is 20.0. The van der Waals surface area contributed by atoms with E-state index in [1.54, 1.807) is 7.11 Å². The highest BCUT2D eigenvalue weighted by atomic mass is 16.6. The van der Waals surface area contributed by atoms with Crippen molar-refractivity contribution in [1.82, 2.24) is 9.97 Å². The molecule has 2 heterocycles. The smallest absolute Gasteiger partial charge is 0.305 e. The van der Waals surface area contributed by atoms with Crippen molar-refractivity contribution >= 4 is 11.6 Å². The van der Waals surface area contributed by atoms with Gasteiger partial charge in [-0.05, 0) is 6.92 Å². The zero-order valence-corrected chi connectivity index (χ0v) is 10.9. The second-order valence-corrected chi connectivity index (χ2v) is 4.43. The van der Waals surface area contributed by atoms with E-state index in [9.17, 15) is 10.1 Å². The number of nitro groups is 1. The monoisotopic (exact) mass is 268 g/mol. The molecule has 0 aromatic carbocycles. The van der Waals surface area contributed by atoms with E-state index in [-0.39, 0.29) is 17.9 Å². The van der Waals surface area contributed by atoms with E-state index in [0.717, 1.165) is 0 Å². The number of anilines is 1. The van der Waals surface area contributed by atoms with Gasteiger partial charge < -0.3 is 14.4 Å². The lowest BCUT2D eigenvalue weighted by Gasteiger charge is -2.36. The van der Waals surface area contributed by atoms with Crippen molar-refractivity contribution in [2.24, 2.45) is 0 Å². The average Bonchev–Trinajstić information content (AvgIpc) is 2.38. The Hall–Kier alpha value is -1.80. The van der Waals surface area contributed by atoms with Crippen molar-refractivity contribution in [3.05, 3.63) is 22.5 Å². The van der Waals surface area contributed by atoms with Crippen LogP contribution in [0.15, 0.2) is 12.4 Å². The lowest BCUT2D eigenvalue weighted by atomic mass is 10.2. The van der Waals surface area contributed by atoms with Gasteiger partial charge in [-0.1, -0.05) is 0 Å². The summed E-state index contributed by atoms with van der Waals surface area (Å²) in [5, 5.41) is 10.6. The second-order valence-electron chi connectivity index (χ2n) is 4.43. The summed E-state index contributed by atoms with van der Waals surface area (Å²) in [5.41, 5.74) is -0.113. The molecule has 0 bridgehead atoms. The van der Waals surface area contributed by atoms with Gasteiger partial charge in [0.25, 0.3) is 0 Å². The largest absolute Gasteiger partial charge is 0.382 e. The van der Waals surface area contributed by atoms with Gasteiger partial charge in [0.15, 0.2) is 0 Å². The highest BCUT2D eigenvalue weighted by Crippen LogP contribution is 2.18. The average molecular weight is 268 g/mol. The van der Waals surface area contributed by atoms with Gasteiger partial charge in [-0.15, -0.1) is 0 Å². The Morgan fingerprint density at radius 3 is 2.79 bits per heavy atom. The molecule has 0 N–H and O–H groups in total. The molecule has 1 aromatic heterocycles. The Labute approximate surface area is 110 Å². The first-order chi connectivity index (χ1) is 9.10. The SMILES string of the molecule is COCC1CN(c2ncc([N+](=O)[O-])cn2)CC(C)O1. The van der Waals surface area contributed by atoms with E-state index in [4.69, 9.17) is 9.47 Å². The predicted octanol–water partition coefficient (Wildman–Crippen LogP) is 0.625. The maximum atomic E-state index is 10.6. The van der Waals surface area contributed by atoms with Crippen LogP contribution in [-0.4, -0.2) is 53.9 Å². The molecule has 8 heteroatoms. The van der Waals surface area contributed by atoms with Gasteiger partial charge in [0.2, 0.25) is 5.95 Å². The fraction of sp³-hybridized carbons (Fsp3) is 0.636. The molecule has 0 spiro atoms. The van der Waals surface area contributed by atoms with Crippen LogP contribution in [0.25, 0.3) is 0 Å². The van der Waals surface area contributed by atoms with Crippen LogP contribution >= 0.6 is 0 Å². The first-order valence-corrected chi connectivity index (χ1v) is 5.96. The molecule has 1 aliphatic rings. The predicted molar refractivity (Wildman–Crippen MR) is 67.1 cm³/mol. The summed E-state index contributed by atoms with van der Waals surface area (Å²) in [6.07, 6.45) is 2.42. The maximum Gasteiger partial charge on any atom is 0.305 e. The van der Waals surface area contributed by atoms with E-state index in [1.165, 1.54) is 12.4 Å². The van der Waals surface area contributed by atoms with Gasteiger partial charge in [-0.3, -0.25) is 10.1 Å². The molecule has 1 aliphatic heterocycles. The number of hydrogen-bond donors (Lipinski definition) is 0. The number of nitrogens with zero attached hydrogens (tertiary/aromatic N) is 4. The quantitative estimate of drug-likeness (QED) is 0.584. The molecule has 1 aromatic rings. The Kier molecular flexibility index (Phi) is 4.23. The topological polar surface area (TPSA) is 90.6 Å². The van der Waals surface area contributed by atoms with Crippen molar-refractivity contribution in [3.63, 3.8) is 0 Å². The molecule has 0 aliphatic carbocycles. The van der Waals surface area contributed by atoms with Crippen LogP contribution in [0.2, 0.25) is 0 Å². The Balaban J connectivity index is 2.09. The van der Waals surface area contributed by atoms with Crippen molar-refractivity contribution in [3.8, 4) is 0 Å². The molecular formula is C11H16N4O4. The van der Waals surface area contributed by atoms with Gasteiger partial charge in [0, 0.05) is 20.2 Å². The number of methoxy groups -OCH3 is 1. The number of ether oxygens (including phenoxy) is 2. The molecule has 1 fully saturated rings. The fourth-order valence-corrected chi connectivity index (χ4v) is 2.06. The third-order valence-corrected chi connectivity index (χ3v) is 2.80. The van der Waals surface area contributed by atoms with Crippen molar-refractivity contribution in [2.75, 3.05) is 31.7 Å². The van der Waals surface area contributed by atoms with E-state index in [2.05, 4.69) is 9.97 Å². The molecule has 8 nitrogen and oxygen atoms in total. The Morgan fingerprint density at radius 1 is 1.53 bits per heavy atom. The summed E-state index contributed by atoms with van der Waals surface area (Å²) in [7, 11) is 1.62. The zero-order chi connectivity index (χ0) is 13.8. The Bertz CT molecular complexity index is 439. The lowest BCUT2D eigenvalue weighted by Crippen LogP contribution is -2.48. The highest BCUT2D eigenvalue weighted by molar-refractivity contribution is 5.34. The van der Waals surface area contributed by atoms with E-state index in [1.807, 2.05) is 11.8 Å². The third-order valence-electron chi connectivity index (χ3n) is 2.80. The first kappa shape index (κ1) is 13.6. The van der Waals surface area contributed by atoms with Gasteiger partial charge in [-0.25, -0.2) is 9.97 Å². The van der Waals surface area contributed by atoms with Crippen molar-refractivity contribution < 1.29 is 14.4 Å². The molecule has 19 heavy (non-hydrogen) atoms. The van der Waals surface area contributed by atoms with Crippen molar-refractivity contribution in [2.45, 2.75) is 19.1 Å². The lowest BCUT2D eigenvalue weighted by molar-refractivity contribution is -0.385. The van der Waals surface area contributed by atoms with Gasteiger partial charge >= 0.3 is 5.69 Å². The molecule has 2 atom stereocenters. The number of hydrogen-bond acceptors (Lipinski definition) is 7. The molecule has 2 rings (SSSR count). The summed E-state index contributed by atoms with van der Waals surface area (Å²) < 4.78 is 10.8. The molecule has 2 unspecified atom stereocenters. The number of morpholine rings is 1. The molecule has 1 saturated heterocycles. The van der Waals surface area contributed by atoms with Crippen molar-refractivity contribution in [1.29, 1.82) is 0 Å². The molecule has 104 valence electrons. The summed E-state index contributed by atoms with van der Waals surface area (Å²) in [6.45, 7) is 3.71. The minimum atomic E-state index is -0.514. The van der Waals surface area contributed by atoms with Gasteiger partial charge in [0.05, 0.1) is 23.7 Å². The van der Waals surface area contributed by atoms with Crippen LogP contribution in [0.4, 0.5) is 11.6 Å². The van der Waals surface area contributed by atoms with Crippen LogP contribution in [0.1, 0.15) is 6.92 Å². The van der Waals surface area contributed by atoms with Crippen LogP contribution in [-0.2, 0) is 9.47 Å². The van der Waals surface area contributed by atoms with E-state index < -0.39 is 4.92 Å². The number of aromatic nitrogens is 2. The second kappa shape index (κ2) is 5.89. The standard InChI is InChI=1S/C11H16N4O4/c1-8-5-14(6-10(19-8)7-18-2)11-12-3-9(4-13-11)15(16)17/h3-4,8,10H,5-7H2,1-2H3. The zero-order valence-electron chi connectivity index (χ0n) is 10.9. The van der Waals surface area contributed by atoms with E-state index >= 15 is 0 Å². The molecular weight excluding hydrogens is 252 g/mol. The summed E-state index contributed by atoms with van der Waals surface area (Å²) >= 11 is 0. The van der Waals surface area contributed by atoms with Crippen LogP contribution in [0.5, 0.6) is 0 Å². The first-order valence-electron chi connectivity index (χ1n) is 5.96. The normalized spacial score (nSPS) is 23.4. The maximum absolute atomic E-state index is 10.6. The summed E-state index contributed by atoms with van der Waals surface area (Å²) in [6, 6.07) is 0. The third kappa shape index (κ3) is 3.36. The van der Waals surface area contributed by atoms with Crippen LogP contribution < -0.4 is 4.90 Å². The van der Waals surface area contributed by atoms with Crippen LogP contribution in [0, 0.1) is 10.1 Å². The molecule has 0 saturated carbocycles. The Morgan fingerprint density at radius 2 is 2.21 bits per heavy atom. The van der Waals surface area contributed by atoms with Crippen LogP contribution in [0.3, 0.4) is 0 Å². The molecule has 0 amide bonds. The fourth-order valence-electron chi connectivity index (χ4n) is 2.06. The highest BCUT2D eigenvalue weighted by Gasteiger charge is 2.27. The molecule has 0 radical (unpaired) electrons.